The molecular weight excluding hydrogens is 314 g/mol. The standard InChI is InChI=1S/C13H16BrNO4/c1-3-18-13-9(14)7-12(13)19-11-6-4-5-10(8(11)2)15(16)17/h4-6,9,12-13H,3,7H2,1-2H3. The largest absolute Gasteiger partial charge is 0.487 e. The van der Waals surface area contributed by atoms with Crippen LogP contribution in [0.25, 0.3) is 0 Å². The number of nitro groups is 1. The lowest BCUT2D eigenvalue weighted by atomic mass is 9.91. The van der Waals surface area contributed by atoms with Gasteiger partial charge in [-0.15, -0.1) is 0 Å². The summed E-state index contributed by atoms with van der Waals surface area (Å²) in [7, 11) is 0. The van der Waals surface area contributed by atoms with Crippen LogP contribution < -0.4 is 4.74 Å². The van der Waals surface area contributed by atoms with Gasteiger partial charge in [0.25, 0.3) is 5.69 Å². The highest BCUT2D eigenvalue weighted by molar-refractivity contribution is 9.09. The van der Waals surface area contributed by atoms with E-state index in [2.05, 4.69) is 15.9 Å². The third kappa shape index (κ3) is 2.90. The number of nitro benzene ring substituents is 1. The average Bonchev–Trinajstić information content (AvgIpc) is 2.37. The summed E-state index contributed by atoms with van der Waals surface area (Å²) in [6, 6.07) is 4.88. The zero-order valence-electron chi connectivity index (χ0n) is 10.8. The van der Waals surface area contributed by atoms with Crippen molar-refractivity contribution in [2.45, 2.75) is 37.3 Å². The minimum absolute atomic E-state index is 0.00339. The van der Waals surface area contributed by atoms with Gasteiger partial charge in [0, 0.05) is 23.9 Å². The van der Waals surface area contributed by atoms with Crippen molar-refractivity contribution in [3.63, 3.8) is 0 Å². The molecule has 0 aromatic heterocycles. The molecule has 104 valence electrons. The van der Waals surface area contributed by atoms with E-state index in [-0.39, 0.29) is 22.7 Å². The number of hydrogen-bond donors (Lipinski definition) is 0. The lowest BCUT2D eigenvalue weighted by Crippen LogP contribution is -2.52. The second kappa shape index (κ2) is 5.88. The molecule has 0 N–H and O–H groups in total. The van der Waals surface area contributed by atoms with Crippen LogP contribution in [0.4, 0.5) is 5.69 Å². The van der Waals surface area contributed by atoms with Crippen LogP contribution >= 0.6 is 15.9 Å². The Balaban J connectivity index is 2.12. The first kappa shape index (κ1) is 14.3. The number of rotatable bonds is 5. The molecule has 0 aliphatic heterocycles. The van der Waals surface area contributed by atoms with Crippen LogP contribution in [-0.2, 0) is 4.74 Å². The highest BCUT2D eigenvalue weighted by atomic mass is 79.9. The summed E-state index contributed by atoms with van der Waals surface area (Å²) in [5, 5.41) is 10.9. The van der Waals surface area contributed by atoms with Crippen molar-refractivity contribution in [3.05, 3.63) is 33.9 Å². The molecule has 1 aliphatic rings. The number of halogens is 1. The predicted octanol–water partition coefficient (Wildman–Crippen LogP) is 3.22. The van der Waals surface area contributed by atoms with Gasteiger partial charge in [-0.3, -0.25) is 10.1 Å². The Bertz CT molecular complexity index is 480. The summed E-state index contributed by atoms with van der Waals surface area (Å²) in [6.07, 6.45) is 0.793. The van der Waals surface area contributed by atoms with E-state index in [0.717, 1.165) is 6.42 Å². The minimum Gasteiger partial charge on any atom is -0.487 e. The molecular formula is C13H16BrNO4. The topological polar surface area (TPSA) is 61.6 Å². The van der Waals surface area contributed by atoms with Crippen molar-refractivity contribution in [1.29, 1.82) is 0 Å². The highest BCUT2D eigenvalue weighted by Crippen LogP contribution is 2.36. The maximum Gasteiger partial charge on any atom is 0.276 e. The summed E-state index contributed by atoms with van der Waals surface area (Å²) in [5.74, 6) is 0.559. The quantitative estimate of drug-likeness (QED) is 0.472. The number of nitrogens with zero attached hydrogens (tertiary/aromatic N) is 1. The fourth-order valence-electron chi connectivity index (χ4n) is 2.14. The van der Waals surface area contributed by atoms with Crippen molar-refractivity contribution in [1.82, 2.24) is 0 Å². The molecule has 2 rings (SSSR count). The van der Waals surface area contributed by atoms with Crippen LogP contribution in [-0.4, -0.2) is 28.6 Å². The van der Waals surface area contributed by atoms with E-state index in [1.54, 1.807) is 19.1 Å². The number of benzene rings is 1. The van der Waals surface area contributed by atoms with Gasteiger partial charge in [-0.25, -0.2) is 0 Å². The predicted molar refractivity (Wildman–Crippen MR) is 75.0 cm³/mol. The van der Waals surface area contributed by atoms with Crippen LogP contribution in [0.3, 0.4) is 0 Å². The Morgan fingerprint density at radius 1 is 1.53 bits per heavy atom. The molecule has 1 aromatic carbocycles. The first-order valence-corrected chi connectivity index (χ1v) is 7.12. The Morgan fingerprint density at radius 3 is 2.84 bits per heavy atom. The van der Waals surface area contributed by atoms with E-state index in [1.807, 2.05) is 6.92 Å². The van der Waals surface area contributed by atoms with Gasteiger partial charge < -0.3 is 9.47 Å². The molecule has 6 heteroatoms. The number of alkyl halides is 1. The Labute approximate surface area is 120 Å². The fraction of sp³-hybridized carbons (Fsp3) is 0.538. The average molecular weight is 330 g/mol. The SMILES string of the molecule is CCOC1C(Br)CC1Oc1cccc([N+](=O)[O-])c1C. The highest BCUT2D eigenvalue weighted by Gasteiger charge is 2.42. The summed E-state index contributed by atoms with van der Waals surface area (Å²) >= 11 is 3.52. The van der Waals surface area contributed by atoms with E-state index in [1.165, 1.54) is 6.07 Å². The van der Waals surface area contributed by atoms with Crippen LogP contribution in [0.1, 0.15) is 18.9 Å². The van der Waals surface area contributed by atoms with Crippen molar-refractivity contribution >= 4 is 21.6 Å². The molecule has 19 heavy (non-hydrogen) atoms. The molecule has 1 fully saturated rings. The first-order valence-electron chi connectivity index (χ1n) is 6.21. The summed E-state index contributed by atoms with van der Waals surface area (Å²) in [5.41, 5.74) is 0.640. The zero-order valence-corrected chi connectivity index (χ0v) is 12.4. The van der Waals surface area contributed by atoms with Crippen molar-refractivity contribution in [2.75, 3.05) is 6.61 Å². The van der Waals surface area contributed by atoms with E-state index in [0.29, 0.717) is 17.9 Å². The van der Waals surface area contributed by atoms with Crippen LogP contribution in [0.2, 0.25) is 0 Å². The van der Waals surface area contributed by atoms with Crippen molar-refractivity contribution in [2.24, 2.45) is 0 Å². The Kier molecular flexibility index (Phi) is 4.42. The lowest BCUT2D eigenvalue weighted by Gasteiger charge is -2.40. The smallest absolute Gasteiger partial charge is 0.276 e. The molecule has 0 bridgehead atoms. The summed E-state index contributed by atoms with van der Waals surface area (Å²) in [6.45, 7) is 4.27. The second-order valence-electron chi connectivity index (χ2n) is 4.49. The molecule has 1 aliphatic carbocycles. The van der Waals surface area contributed by atoms with Crippen molar-refractivity contribution < 1.29 is 14.4 Å². The number of ether oxygens (including phenoxy) is 2. The number of hydrogen-bond acceptors (Lipinski definition) is 4. The Morgan fingerprint density at radius 2 is 2.26 bits per heavy atom. The first-order chi connectivity index (χ1) is 9.04. The van der Waals surface area contributed by atoms with E-state index < -0.39 is 4.92 Å². The Hall–Kier alpha value is -1.14. The molecule has 1 saturated carbocycles. The molecule has 0 amide bonds. The maximum atomic E-state index is 10.9. The molecule has 3 atom stereocenters. The van der Waals surface area contributed by atoms with E-state index in [9.17, 15) is 10.1 Å². The van der Waals surface area contributed by atoms with Crippen LogP contribution in [0.15, 0.2) is 18.2 Å². The van der Waals surface area contributed by atoms with E-state index in [4.69, 9.17) is 9.47 Å². The van der Waals surface area contributed by atoms with Gasteiger partial charge in [0.05, 0.1) is 10.5 Å². The molecule has 5 nitrogen and oxygen atoms in total. The van der Waals surface area contributed by atoms with Gasteiger partial charge in [0.2, 0.25) is 0 Å². The molecule has 1 aromatic rings. The maximum absolute atomic E-state index is 10.9. The molecule has 0 heterocycles. The lowest BCUT2D eigenvalue weighted by molar-refractivity contribution is -0.385. The molecule has 3 unspecified atom stereocenters. The molecule has 0 spiro atoms. The summed E-state index contributed by atoms with van der Waals surface area (Å²) < 4.78 is 11.4. The van der Waals surface area contributed by atoms with Gasteiger partial charge >= 0.3 is 0 Å². The summed E-state index contributed by atoms with van der Waals surface area (Å²) in [4.78, 5) is 10.8. The van der Waals surface area contributed by atoms with Gasteiger partial charge in [-0.05, 0) is 19.9 Å². The second-order valence-corrected chi connectivity index (χ2v) is 5.66. The monoisotopic (exact) mass is 329 g/mol. The van der Waals surface area contributed by atoms with Crippen LogP contribution in [0.5, 0.6) is 5.75 Å². The van der Waals surface area contributed by atoms with Crippen LogP contribution in [0, 0.1) is 17.0 Å². The normalized spacial score (nSPS) is 25.7. The zero-order chi connectivity index (χ0) is 14.0. The minimum atomic E-state index is -0.393. The fourth-order valence-corrected chi connectivity index (χ4v) is 3.00. The van der Waals surface area contributed by atoms with Gasteiger partial charge in [0.1, 0.15) is 18.0 Å². The third-order valence-electron chi connectivity index (χ3n) is 3.27. The van der Waals surface area contributed by atoms with E-state index >= 15 is 0 Å². The third-order valence-corrected chi connectivity index (χ3v) is 4.16. The van der Waals surface area contributed by atoms with Crippen molar-refractivity contribution in [3.8, 4) is 5.75 Å². The molecule has 0 saturated heterocycles. The van der Waals surface area contributed by atoms with Gasteiger partial charge in [-0.2, -0.15) is 0 Å². The van der Waals surface area contributed by atoms with Gasteiger partial charge in [-0.1, -0.05) is 22.0 Å². The molecule has 0 radical (unpaired) electrons. The van der Waals surface area contributed by atoms with Gasteiger partial charge in [0.15, 0.2) is 0 Å².